The molecule has 12 heteroatoms. The Morgan fingerprint density at radius 1 is 1.05 bits per heavy atom. The average Bonchev–Trinajstić information content (AvgIpc) is 2.85. The van der Waals surface area contributed by atoms with Gasteiger partial charge in [-0.05, 0) is 63.6 Å². The SMILES string of the molecule is CN1CCN(C(=O)CCCc2ccc(NC(C)(C)C(=O)Nc3ccc(C#N)c(C(F)(F)F)c3F)cc2F)CC1. The minimum absolute atomic E-state index is 0.0376. The average molecular weight is 552 g/mol. The number of alkyl halides is 3. The van der Waals surface area contributed by atoms with Crippen molar-refractivity contribution in [3.05, 3.63) is 58.7 Å². The van der Waals surface area contributed by atoms with E-state index in [0.717, 1.165) is 25.2 Å². The molecule has 2 aromatic carbocycles. The number of likely N-dealkylation sites (N-methyl/N-ethyl adjacent to an activating group) is 1. The second kappa shape index (κ2) is 12.0. The first-order valence-corrected chi connectivity index (χ1v) is 12.4. The molecule has 2 amide bonds. The number of benzene rings is 2. The number of nitrogens with one attached hydrogen (secondary N) is 2. The Hall–Kier alpha value is -3.72. The van der Waals surface area contributed by atoms with Crippen molar-refractivity contribution < 1.29 is 31.5 Å². The number of hydrogen-bond donors (Lipinski definition) is 2. The van der Waals surface area contributed by atoms with Crippen molar-refractivity contribution in [1.82, 2.24) is 9.80 Å². The van der Waals surface area contributed by atoms with E-state index >= 15 is 0 Å². The molecule has 0 aliphatic carbocycles. The van der Waals surface area contributed by atoms with Gasteiger partial charge in [-0.3, -0.25) is 9.59 Å². The van der Waals surface area contributed by atoms with E-state index in [1.165, 1.54) is 32.0 Å². The first kappa shape index (κ1) is 29.8. The highest BCUT2D eigenvalue weighted by atomic mass is 19.4. The molecule has 2 aromatic rings. The predicted molar refractivity (Wildman–Crippen MR) is 136 cm³/mol. The Morgan fingerprint density at radius 3 is 2.31 bits per heavy atom. The molecule has 0 spiro atoms. The number of amides is 2. The Bertz CT molecular complexity index is 1260. The monoisotopic (exact) mass is 551 g/mol. The number of carbonyl (C=O) groups is 2. The summed E-state index contributed by atoms with van der Waals surface area (Å²) >= 11 is 0. The molecule has 0 bridgehead atoms. The van der Waals surface area contributed by atoms with E-state index in [1.54, 1.807) is 6.07 Å². The third-order valence-electron chi connectivity index (χ3n) is 6.56. The van der Waals surface area contributed by atoms with Crippen LogP contribution in [0.5, 0.6) is 0 Å². The Labute approximate surface area is 223 Å². The Morgan fingerprint density at radius 2 is 1.72 bits per heavy atom. The van der Waals surface area contributed by atoms with Crippen molar-refractivity contribution in [1.29, 1.82) is 5.26 Å². The summed E-state index contributed by atoms with van der Waals surface area (Å²) < 4.78 is 69.1. The smallest absolute Gasteiger partial charge is 0.372 e. The van der Waals surface area contributed by atoms with Gasteiger partial charge in [0.15, 0.2) is 5.82 Å². The molecule has 0 aromatic heterocycles. The third-order valence-corrected chi connectivity index (χ3v) is 6.56. The van der Waals surface area contributed by atoms with Gasteiger partial charge < -0.3 is 20.4 Å². The number of carbonyl (C=O) groups excluding carboxylic acids is 2. The number of piperazine rings is 1. The van der Waals surface area contributed by atoms with E-state index in [2.05, 4.69) is 15.5 Å². The van der Waals surface area contributed by atoms with Crippen LogP contribution in [0.4, 0.5) is 33.3 Å². The zero-order chi connectivity index (χ0) is 29.0. The number of anilines is 2. The summed E-state index contributed by atoms with van der Waals surface area (Å²) in [7, 11) is 2.00. The van der Waals surface area contributed by atoms with Crippen molar-refractivity contribution in [2.45, 2.75) is 44.8 Å². The topological polar surface area (TPSA) is 88.5 Å². The number of rotatable bonds is 8. The molecule has 0 unspecified atom stereocenters. The van der Waals surface area contributed by atoms with E-state index in [-0.39, 0.29) is 11.6 Å². The fourth-order valence-electron chi connectivity index (χ4n) is 4.21. The van der Waals surface area contributed by atoms with E-state index < -0.39 is 46.1 Å². The lowest BCUT2D eigenvalue weighted by molar-refractivity contribution is -0.140. The molecular formula is C27H30F5N5O2. The number of nitrogens with zero attached hydrogens (tertiary/aromatic N) is 3. The van der Waals surface area contributed by atoms with Crippen molar-refractivity contribution in [2.75, 3.05) is 43.9 Å². The normalized spacial score (nSPS) is 14.6. The van der Waals surface area contributed by atoms with Crippen LogP contribution in [0.15, 0.2) is 30.3 Å². The maximum atomic E-state index is 14.8. The molecule has 0 radical (unpaired) electrons. The molecule has 1 aliphatic heterocycles. The second-order valence-corrected chi connectivity index (χ2v) is 10.0. The molecule has 1 aliphatic rings. The molecule has 0 saturated carbocycles. The van der Waals surface area contributed by atoms with Gasteiger partial charge in [0.25, 0.3) is 0 Å². The van der Waals surface area contributed by atoms with E-state index in [4.69, 9.17) is 5.26 Å². The first-order chi connectivity index (χ1) is 18.2. The van der Waals surface area contributed by atoms with Gasteiger partial charge in [-0.15, -0.1) is 0 Å². The van der Waals surface area contributed by atoms with Gasteiger partial charge in [-0.25, -0.2) is 8.78 Å². The van der Waals surface area contributed by atoms with Gasteiger partial charge in [-0.2, -0.15) is 18.4 Å². The van der Waals surface area contributed by atoms with Gasteiger partial charge >= 0.3 is 6.18 Å². The molecule has 0 atom stereocenters. The number of nitriles is 1. The van der Waals surface area contributed by atoms with E-state index in [0.29, 0.717) is 37.9 Å². The van der Waals surface area contributed by atoms with Crippen LogP contribution in [0.25, 0.3) is 0 Å². The van der Waals surface area contributed by atoms with Crippen LogP contribution in [0, 0.1) is 23.0 Å². The van der Waals surface area contributed by atoms with Crippen molar-refractivity contribution in [3.8, 4) is 6.07 Å². The summed E-state index contributed by atoms with van der Waals surface area (Å²) in [4.78, 5) is 29.1. The summed E-state index contributed by atoms with van der Waals surface area (Å²) in [5.74, 6) is -3.16. The highest BCUT2D eigenvalue weighted by Crippen LogP contribution is 2.37. The number of aryl methyl sites for hydroxylation is 1. The van der Waals surface area contributed by atoms with Crippen LogP contribution in [-0.2, 0) is 22.2 Å². The van der Waals surface area contributed by atoms with Crippen LogP contribution in [0.1, 0.15) is 43.4 Å². The van der Waals surface area contributed by atoms with Crippen LogP contribution in [-0.4, -0.2) is 60.4 Å². The standard InChI is InChI=1S/C27H30F5N5O2/c1-26(2,25(39)34-21-10-8-18(16-33)23(24(21)29)27(30,31)32)35-19-9-7-17(20(28)15-19)5-4-6-22(38)37-13-11-36(3)12-14-37/h7-10,15,35H,4-6,11-14H2,1-3H3,(H,34,39). The molecule has 7 nitrogen and oxygen atoms in total. The summed E-state index contributed by atoms with van der Waals surface area (Å²) in [5, 5.41) is 13.8. The fourth-order valence-corrected chi connectivity index (χ4v) is 4.21. The van der Waals surface area contributed by atoms with Gasteiger partial charge in [0.1, 0.15) is 16.9 Å². The molecule has 1 fully saturated rings. The lowest BCUT2D eigenvalue weighted by Gasteiger charge is -2.32. The maximum Gasteiger partial charge on any atom is 0.420 e. The summed E-state index contributed by atoms with van der Waals surface area (Å²) in [5.41, 5.74) is -4.28. The minimum Gasteiger partial charge on any atom is -0.372 e. The summed E-state index contributed by atoms with van der Waals surface area (Å²) in [6.45, 7) is 5.78. The number of hydrogen-bond acceptors (Lipinski definition) is 5. The van der Waals surface area contributed by atoms with Crippen molar-refractivity contribution in [2.24, 2.45) is 0 Å². The molecule has 1 saturated heterocycles. The van der Waals surface area contributed by atoms with Crippen LogP contribution < -0.4 is 10.6 Å². The minimum atomic E-state index is -5.14. The van der Waals surface area contributed by atoms with Gasteiger partial charge in [0, 0.05) is 38.3 Å². The zero-order valence-electron chi connectivity index (χ0n) is 21.9. The number of halogens is 5. The predicted octanol–water partition coefficient (Wildman–Crippen LogP) is 4.78. The largest absolute Gasteiger partial charge is 0.420 e. The lowest BCUT2D eigenvalue weighted by atomic mass is 10.0. The lowest BCUT2D eigenvalue weighted by Crippen LogP contribution is -2.47. The van der Waals surface area contributed by atoms with Crippen molar-refractivity contribution in [3.63, 3.8) is 0 Å². The molecule has 39 heavy (non-hydrogen) atoms. The van der Waals surface area contributed by atoms with Gasteiger partial charge in [-0.1, -0.05) is 6.07 Å². The highest BCUT2D eigenvalue weighted by Gasteiger charge is 2.39. The van der Waals surface area contributed by atoms with Crippen molar-refractivity contribution >= 4 is 23.2 Å². The fraction of sp³-hybridized carbons (Fsp3) is 0.444. The Balaban J connectivity index is 1.61. The van der Waals surface area contributed by atoms with Gasteiger partial charge in [0.05, 0.1) is 17.3 Å². The quantitative estimate of drug-likeness (QED) is 0.461. The highest BCUT2D eigenvalue weighted by molar-refractivity contribution is 5.99. The first-order valence-electron chi connectivity index (χ1n) is 12.4. The van der Waals surface area contributed by atoms with E-state index in [1.807, 2.05) is 11.9 Å². The van der Waals surface area contributed by atoms with Crippen LogP contribution >= 0.6 is 0 Å². The Kier molecular flexibility index (Phi) is 9.17. The third kappa shape index (κ3) is 7.44. The van der Waals surface area contributed by atoms with Crippen LogP contribution in [0.3, 0.4) is 0 Å². The van der Waals surface area contributed by atoms with E-state index in [9.17, 15) is 31.5 Å². The second-order valence-electron chi connectivity index (χ2n) is 10.0. The molecule has 1 heterocycles. The molecule has 3 rings (SSSR count). The molecular weight excluding hydrogens is 521 g/mol. The van der Waals surface area contributed by atoms with Crippen LogP contribution in [0.2, 0.25) is 0 Å². The van der Waals surface area contributed by atoms with Gasteiger partial charge in [0.2, 0.25) is 11.8 Å². The zero-order valence-corrected chi connectivity index (χ0v) is 21.9. The summed E-state index contributed by atoms with van der Waals surface area (Å²) in [6.07, 6.45) is -4.02. The molecule has 2 N–H and O–H groups in total. The summed E-state index contributed by atoms with van der Waals surface area (Å²) in [6, 6.07) is 7.19. The maximum absolute atomic E-state index is 14.8. The molecule has 210 valence electrons.